The Bertz CT molecular complexity index is 257. The maximum atomic E-state index is 5.73. The number of hydrogen-bond donors (Lipinski definition) is 1. The van der Waals surface area contributed by atoms with Gasteiger partial charge in [0.05, 0.1) is 6.33 Å². The molecule has 0 atom stereocenters. The van der Waals surface area contributed by atoms with Crippen molar-refractivity contribution in [3.05, 3.63) is 18.7 Å². The highest BCUT2D eigenvalue weighted by atomic mass is 35.5. The fourth-order valence-corrected chi connectivity index (χ4v) is 1.90. The molecular weight excluding hydrogens is 210 g/mol. The molecule has 4 heteroatoms. The summed E-state index contributed by atoms with van der Waals surface area (Å²) in [5.41, 5.74) is 0.149. The molecule has 0 aliphatic carbocycles. The molecule has 0 saturated carbocycles. The lowest BCUT2D eigenvalue weighted by molar-refractivity contribution is 0.371. The predicted octanol–water partition coefficient (Wildman–Crippen LogP) is 2.27. The number of halogens is 1. The molecule has 0 saturated heterocycles. The van der Waals surface area contributed by atoms with Crippen molar-refractivity contribution in [2.75, 3.05) is 12.4 Å². The maximum Gasteiger partial charge on any atom is 0.0945 e. The predicted molar refractivity (Wildman–Crippen MR) is 64.3 cm³/mol. The largest absolute Gasteiger partial charge is 0.337 e. The lowest BCUT2D eigenvalue weighted by atomic mass is 10.0. The van der Waals surface area contributed by atoms with Crippen LogP contribution in [0.15, 0.2) is 18.7 Å². The van der Waals surface area contributed by atoms with E-state index in [9.17, 15) is 0 Å². The quantitative estimate of drug-likeness (QED) is 0.574. The Kier molecular flexibility index (Phi) is 5.12. The normalized spacial score (nSPS) is 11.9. The summed E-state index contributed by atoms with van der Waals surface area (Å²) >= 11 is 5.73. The topological polar surface area (TPSA) is 29.9 Å². The average molecular weight is 230 g/mol. The first kappa shape index (κ1) is 12.5. The molecule has 86 valence electrons. The van der Waals surface area contributed by atoms with Crippen LogP contribution in [0.2, 0.25) is 0 Å². The van der Waals surface area contributed by atoms with E-state index in [-0.39, 0.29) is 5.54 Å². The molecule has 1 aromatic rings. The summed E-state index contributed by atoms with van der Waals surface area (Å²) in [5.74, 6) is 0.710. The zero-order valence-electron chi connectivity index (χ0n) is 9.54. The standard InChI is InChI=1S/C11H20ClN3/c1-11(2,4-5-12)14-6-3-8-15-9-7-13-10-15/h7,9-10,14H,3-6,8H2,1-2H3. The minimum Gasteiger partial charge on any atom is -0.337 e. The van der Waals surface area contributed by atoms with Crippen molar-refractivity contribution in [2.24, 2.45) is 0 Å². The number of nitrogens with zero attached hydrogens (tertiary/aromatic N) is 2. The number of aryl methyl sites for hydroxylation is 1. The van der Waals surface area contributed by atoms with Crippen LogP contribution in [0.5, 0.6) is 0 Å². The molecule has 0 spiro atoms. The lowest BCUT2D eigenvalue weighted by Gasteiger charge is -2.25. The van der Waals surface area contributed by atoms with Gasteiger partial charge in [-0.05, 0) is 33.2 Å². The minimum atomic E-state index is 0.149. The van der Waals surface area contributed by atoms with Crippen LogP contribution >= 0.6 is 11.6 Å². The second-order valence-electron chi connectivity index (χ2n) is 4.40. The summed E-state index contributed by atoms with van der Waals surface area (Å²) in [6, 6.07) is 0. The Balaban J connectivity index is 2.11. The SMILES string of the molecule is CC(C)(CCCl)NCCCn1ccnc1. The van der Waals surface area contributed by atoms with E-state index in [1.807, 2.05) is 18.7 Å². The van der Waals surface area contributed by atoms with Crippen LogP contribution in [0, 0.1) is 0 Å². The van der Waals surface area contributed by atoms with E-state index < -0.39 is 0 Å². The van der Waals surface area contributed by atoms with E-state index in [1.165, 1.54) is 0 Å². The summed E-state index contributed by atoms with van der Waals surface area (Å²) in [6.45, 7) is 6.41. The number of alkyl halides is 1. The van der Waals surface area contributed by atoms with E-state index in [2.05, 4.69) is 28.7 Å². The fourth-order valence-electron chi connectivity index (χ4n) is 1.43. The Hall–Kier alpha value is -0.540. The first-order chi connectivity index (χ1) is 7.14. The molecule has 15 heavy (non-hydrogen) atoms. The highest BCUT2D eigenvalue weighted by Gasteiger charge is 2.14. The van der Waals surface area contributed by atoms with E-state index >= 15 is 0 Å². The Morgan fingerprint density at radius 3 is 2.87 bits per heavy atom. The van der Waals surface area contributed by atoms with Gasteiger partial charge >= 0.3 is 0 Å². The summed E-state index contributed by atoms with van der Waals surface area (Å²) < 4.78 is 2.09. The van der Waals surface area contributed by atoms with Crippen molar-refractivity contribution < 1.29 is 0 Å². The summed E-state index contributed by atoms with van der Waals surface area (Å²) in [5, 5.41) is 3.50. The van der Waals surface area contributed by atoms with E-state index in [0.717, 1.165) is 25.9 Å². The van der Waals surface area contributed by atoms with Crippen molar-refractivity contribution >= 4 is 11.6 Å². The number of hydrogen-bond acceptors (Lipinski definition) is 2. The van der Waals surface area contributed by atoms with Crippen molar-refractivity contribution in [1.29, 1.82) is 0 Å². The number of nitrogens with one attached hydrogen (secondary N) is 1. The first-order valence-corrected chi connectivity index (χ1v) is 5.94. The van der Waals surface area contributed by atoms with Crippen molar-refractivity contribution in [2.45, 2.75) is 38.8 Å². The maximum absolute atomic E-state index is 5.73. The molecule has 0 fully saturated rings. The molecule has 0 bridgehead atoms. The summed E-state index contributed by atoms with van der Waals surface area (Å²) in [7, 11) is 0. The van der Waals surface area contributed by atoms with Crippen LogP contribution in [-0.2, 0) is 6.54 Å². The molecule has 0 aliphatic rings. The molecule has 1 N–H and O–H groups in total. The van der Waals surface area contributed by atoms with E-state index in [0.29, 0.717) is 5.88 Å². The highest BCUT2D eigenvalue weighted by molar-refractivity contribution is 6.17. The molecular formula is C11H20ClN3. The van der Waals surface area contributed by atoms with Crippen LogP contribution in [0.3, 0.4) is 0 Å². The van der Waals surface area contributed by atoms with Gasteiger partial charge in [0.25, 0.3) is 0 Å². The highest BCUT2D eigenvalue weighted by Crippen LogP contribution is 2.08. The van der Waals surface area contributed by atoms with Gasteiger partial charge in [-0.1, -0.05) is 0 Å². The van der Waals surface area contributed by atoms with E-state index in [4.69, 9.17) is 11.6 Å². The third-order valence-corrected chi connectivity index (χ3v) is 2.66. The Morgan fingerprint density at radius 1 is 1.47 bits per heavy atom. The smallest absolute Gasteiger partial charge is 0.0945 e. The number of imidazole rings is 1. The van der Waals surface area contributed by atoms with Crippen LogP contribution in [0.1, 0.15) is 26.7 Å². The average Bonchev–Trinajstić information content (AvgIpc) is 2.65. The Morgan fingerprint density at radius 2 is 2.27 bits per heavy atom. The van der Waals surface area contributed by atoms with E-state index in [1.54, 1.807) is 0 Å². The van der Waals surface area contributed by atoms with Gasteiger partial charge in [0.15, 0.2) is 0 Å². The zero-order chi connectivity index (χ0) is 11.1. The molecule has 3 nitrogen and oxygen atoms in total. The molecule has 1 heterocycles. The van der Waals surface area contributed by atoms with Gasteiger partial charge in [0, 0.05) is 30.4 Å². The monoisotopic (exact) mass is 229 g/mol. The second kappa shape index (κ2) is 6.13. The zero-order valence-corrected chi connectivity index (χ0v) is 10.3. The third kappa shape index (κ3) is 5.19. The third-order valence-electron chi connectivity index (χ3n) is 2.48. The van der Waals surface area contributed by atoms with Gasteiger partial charge in [0.2, 0.25) is 0 Å². The number of rotatable bonds is 7. The Labute approximate surface area is 96.8 Å². The van der Waals surface area contributed by atoms with Crippen LogP contribution in [0.4, 0.5) is 0 Å². The molecule has 0 unspecified atom stereocenters. The van der Waals surface area contributed by atoms with Crippen LogP contribution in [0.25, 0.3) is 0 Å². The van der Waals surface area contributed by atoms with Gasteiger partial charge in [0.1, 0.15) is 0 Å². The molecule has 0 amide bonds. The lowest BCUT2D eigenvalue weighted by Crippen LogP contribution is -2.40. The van der Waals surface area contributed by atoms with Crippen molar-refractivity contribution in [3.8, 4) is 0 Å². The number of aromatic nitrogens is 2. The van der Waals surface area contributed by atoms with Crippen molar-refractivity contribution in [3.63, 3.8) is 0 Å². The van der Waals surface area contributed by atoms with Crippen LogP contribution in [-0.4, -0.2) is 27.5 Å². The second-order valence-corrected chi connectivity index (χ2v) is 4.78. The van der Waals surface area contributed by atoms with Crippen LogP contribution < -0.4 is 5.32 Å². The van der Waals surface area contributed by atoms with Gasteiger partial charge in [-0.15, -0.1) is 11.6 Å². The molecule has 0 aromatic carbocycles. The van der Waals surface area contributed by atoms with Crippen molar-refractivity contribution in [1.82, 2.24) is 14.9 Å². The first-order valence-electron chi connectivity index (χ1n) is 5.41. The van der Waals surface area contributed by atoms with Gasteiger partial charge in [-0.25, -0.2) is 4.98 Å². The van der Waals surface area contributed by atoms with Gasteiger partial charge in [-0.3, -0.25) is 0 Å². The summed E-state index contributed by atoms with van der Waals surface area (Å²) in [6.07, 6.45) is 7.76. The fraction of sp³-hybridized carbons (Fsp3) is 0.727. The molecule has 0 radical (unpaired) electrons. The van der Waals surface area contributed by atoms with Gasteiger partial charge in [-0.2, -0.15) is 0 Å². The minimum absolute atomic E-state index is 0.149. The molecule has 1 aromatic heterocycles. The molecule has 1 rings (SSSR count). The summed E-state index contributed by atoms with van der Waals surface area (Å²) in [4.78, 5) is 4.00. The molecule has 0 aliphatic heterocycles. The van der Waals surface area contributed by atoms with Gasteiger partial charge < -0.3 is 9.88 Å².